The summed E-state index contributed by atoms with van der Waals surface area (Å²) in [6.07, 6.45) is 7.44. The highest BCUT2D eigenvalue weighted by Gasteiger charge is 2.56. The van der Waals surface area contributed by atoms with E-state index >= 15 is 0 Å². The number of rotatable bonds is 6. The Morgan fingerprint density at radius 3 is 2.57 bits per heavy atom. The maximum Gasteiger partial charge on any atom is 0.257 e. The quantitative estimate of drug-likeness (QED) is 0.755. The van der Waals surface area contributed by atoms with Gasteiger partial charge in [0, 0.05) is 19.2 Å². The second-order valence-electron chi connectivity index (χ2n) is 9.08. The standard InChI is InChI=1S/C23H29N5O2/c1-28-21(30)23(18-7-8-18,27-22(28)25)13-17-4-2-3-16(11-17)12-20(29)26-19-9-5-15(14-24)6-10-19/h5-6,9-10,16-18H,2-4,7-8,11-13H2,1H3,(H2,25,27)(H,26,29)/t16-,17+,23+/m1/s1. The van der Waals surface area contributed by atoms with Gasteiger partial charge in [-0.2, -0.15) is 5.26 Å². The first-order chi connectivity index (χ1) is 14.4. The zero-order chi connectivity index (χ0) is 21.3. The lowest BCUT2D eigenvalue weighted by atomic mass is 9.73. The van der Waals surface area contributed by atoms with Crippen LogP contribution in [0.1, 0.15) is 56.9 Å². The number of nitrogens with two attached hydrogens (primary N) is 1. The van der Waals surface area contributed by atoms with Crippen LogP contribution in [0.2, 0.25) is 0 Å². The van der Waals surface area contributed by atoms with Crippen molar-refractivity contribution in [1.82, 2.24) is 4.90 Å². The molecule has 7 heteroatoms. The maximum atomic E-state index is 12.9. The first-order valence-corrected chi connectivity index (χ1v) is 10.8. The Morgan fingerprint density at radius 2 is 1.97 bits per heavy atom. The smallest absolute Gasteiger partial charge is 0.257 e. The molecule has 0 saturated heterocycles. The van der Waals surface area contributed by atoms with Gasteiger partial charge in [-0.15, -0.1) is 0 Å². The van der Waals surface area contributed by atoms with Gasteiger partial charge in [-0.1, -0.05) is 12.8 Å². The molecule has 30 heavy (non-hydrogen) atoms. The Balaban J connectivity index is 1.35. The second kappa shape index (κ2) is 8.10. The molecule has 2 aliphatic carbocycles. The Labute approximate surface area is 177 Å². The fourth-order valence-corrected chi connectivity index (χ4v) is 5.16. The molecule has 0 unspecified atom stereocenters. The van der Waals surface area contributed by atoms with Crippen LogP contribution in [0.4, 0.5) is 5.69 Å². The third kappa shape index (κ3) is 4.04. The highest BCUT2D eigenvalue weighted by molar-refractivity contribution is 6.06. The minimum absolute atomic E-state index is 0.00112. The third-order valence-electron chi connectivity index (χ3n) is 6.85. The number of hydrogen-bond donors (Lipinski definition) is 2. The average molecular weight is 408 g/mol. The predicted octanol–water partition coefficient (Wildman–Crippen LogP) is 3.02. The van der Waals surface area contributed by atoms with Crippen LogP contribution >= 0.6 is 0 Å². The molecule has 2 amide bonds. The molecule has 3 N–H and O–H groups in total. The Bertz CT molecular complexity index is 899. The van der Waals surface area contributed by atoms with Crippen LogP contribution in [0, 0.1) is 29.1 Å². The molecule has 7 nitrogen and oxygen atoms in total. The topological polar surface area (TPSA) is 112 Å². The minimum Gasteiger partial charge on any atom is -0.369 e. The van der Waals surface area contributed by atoms with E-state index in [-0.39, 0.29) is 11.8 Å². The van der Waals surface area contributed by atoms with E-state index in [1.54, 1.807) is 31.3 Å². The normalized spacial score (nSPS) is 28.7. The first-order valence-electron chi connectivity index (χ1n) is 10.8. The fourth-order valence-electron chi connectivity index (χ4n) is 5.16. The van der Waals surface area contributed by atoms with Crippen molar-refractivity contribution in [3.05, 3.63) is 29.8 Å². The SMILES string of the molecule is CN1C(=O)[C@](C[C@H]2CCC[C@@H](CC(=O)Nc3ccc(C#N)cc3)C2)(C2CC2)N=C1N. The summed E-state index contributed by atoms with van der Waals surface area (Å²) in [5.74, 6) is 1.40. The highest BCUT2D eigenvalue weighted by Crippen LogP contribution is 2.50. The number of aliphatic imine (C=N–C) groups is 1. The number of nitriles is 1. The lowest BCUT2D eigenvalue weighted by Gasteiger charge is -2.34. The number of carbonyl (C=O) groups excluding carboxylic acids is 2. The molecule has 2 fully saturated rings. The zero-order valence-corrected chi connectivity index (χ0v) is 17.4. The molecule has 3 aliphatic rings. The Kier molecular flexibility index (Phi) is 5.50. The van der Waals surface area contributed by atoms with E-state index in [1.165, 1.54) is 4.90 Å². The van der Waals surface area contributed by atoms with Crippen LogP contribution in [0.3, 0.4) is 0 Å². The lowest BCUT2D eigenvalue weighted by molar-refractivity contribution is -0.132. The first kappa shape index (κ1) is 20.4. The minimum atomic E-state index is -0.670. The van der Waals surface area contributed by atoms with Crippen molar-refractivity contribution < 1.29 is 9.59 Å². The summed E-state index contributed by atoms with van der Waals surface area (Å²) >= 11 is 0. The molecular formula is C23H29N5O2. The molecule has 1 aromatic rings. The van der Waals surface area contributed by atoms with Crippen LogP contribution in [0.15, 0.2) is 29.3 Å². The molecule has 0 aromatic heterocycles. The van der Waals surface area contributed by atoms with Gasteiger partial charge in [0.15, 0.2) is 5.96 Å². The van der Waals surface area contributed by atoms with Crippen molar-refractivity contribution >= 4 is 23.5 Å². The van der Waals surface area contributed by atoms with E-state index in [9.17, 15) is 9.59 Å². The largest absolute Gasteiger partial charge is 0.369 e. The van der Waals surface area contributed by atoms with Crippen LogP contribution in [-0.4, -0.2) is 35.3 Å². The summed E-state index contributed by atoms with van der Waals surface area (Å²) in [4.78, 5) is 31.6. The van der Waals surface area contributed by atoms with Gasteiger partial charge < -0.3 is 11.1 Å². The average Bonchev–Trinajstić information content (AvgIpc) is 3.55. The van der Waals surface area contributed by atoms with E-state index in [4.69, 9.17) is 11.0 Å². The van der Waals surface area contributed by atoms with E-state index in [0.29, 0.717) is 41.4 Å². The summed E-state index contributed by atoms with van der Waals surface area (Å²) in [5.41, 5.74) is 6.60. The molecule has 158 valence electrons. The predicted molar refractivity (Wildman–Crippen MR) is 114 cm³/mol. The number of hydrogen-bond acceptors (Lipinski definition) is 5. The Morgan fingerprint density at radius 1 is 1.27 bits per heavy atom. The van der Waals surface area contributed by atoms with Gasteiger partial charge in [-0.3, -0.25) is 14.5 Å². The van der Waals surface area contributed by atoms with Gasteiger partial charge in [0.1, 0.15) is 5.54 Å². The zero-order valence-electron chi connectivity index (χ0n) is 17.4. The molecule has 0 bridgehead atoms. The Hall–Kier alpha value is -2.88. The van der Waals surface area contributed by atoms with Crippen molar-refractivity contribution in [3.63, 3.8) is 0 Å². The van der Waals surface area contributed by atoms with Gasteiger partial charge in [0.2, 0.25) is 5.91 Å². The fraction of sp³-hybridized carbons (Fsp3) is 0.565. The number of anilines is 1. The molecule has 2 saturated carbocycles. The van der Waals surface area contributed by atoms with E-state index in [1.807, 2.05) is 0 Å². The van der Waals surface area contributed by atoms with Gasteiger partial charge in [0.25, 0.3) is 5.91 Å². The second-order valence-corrected chi connectivity index (χ2v) is 9.08. The highest BCUT2D eigenvalue weighted by atomic mass is 16.2. The maximum absolute atomic E-state index is 12.9. The molecule has 3 atom stereocenters. The molecule has 0 spiro atoms. The van der Waals surface area contributed by atoms with Gasteiger partial charge in [-0.05, 0) is 74.1 Å². The van der Waals surface area contributed by atoms with Gasteiger partial charge in [0.05, 0.1) is 11.6 Å². The van der Waals surface area contributed by atoms with Crippen molar-refractivity contribution in [3.8, 4) is 6.07 Å². The summed E-state index contributed by atoms with van der Waals surface area (Å²) in [5, 5.41) is 11.8. The van der Waals surface area contributed by atoms with Crippen LogP contribution in [-0.2, 0) is 9.59 Å². The van der Waals surface area contributed by atoms with E-state index < -0.39 is 5.54 Å². The third-order valence-corrected chi connectivity index (χ3v) is 6.85. The molecule has 1 heterocycles. The van der Waals surface area contributed by atoms with Crippen molar-refractivity contribution in [2.75, 3.05) is 12.4 Å². The van der Waals surface area contributed by atoms with Crippen molar-refractivity contribution in [2.24, 2.45) is 28.5 Å². The van der Waals surface area contributed by atoms with Gasteiger partial charge in [-0.25, -0.2) is 4.99 Å². The lowest BCUT2D eigenvalue weighted by Crippen LogP contribution is -2.45. The molecule has 0 radical (unpaired) electrons. The number of nitrogens with one attached hydrogen (secondary N) is 1. The van der Waals surface area contributed by atoms with Gasteiger partial charge >= 0.3 is 0 Å². The number of likely N-dealkylation sites (N-methyl/N-ethyl adjacent to an activating group) is 1. The number of amides is 2. The molecule has 1 aromatic carbocycles. The number of benzene rings is 1. The van der Waals surface area contributed by atoms with E-state index in [2.05, 4.69) is 16.4 Å². The molecule has 4 rings (SSSR count). The monoisotopic (exact) mass is 407 g/mol. The van der Waals surface area contributed by atoms with E-state index in [0.717, 1.165) is 44.9 Å². The summed E-state index contributed by atoms with van der Waals surface area (Å²) in [7, 11) is 1.71. The molecule has 1 aliphatic heterocycles. The van der Waals surface area contributed by atoms with Crippen LogP contribution in [0.5, 0.6) is 0 Å². The summed E-state index contributed by atoms with van der Waals surface area (Å²) in [6.45, 7) is 0. The van der Waals surface area contributed by atoms with Crippen molar-refractivity contribution in [2.45, 2.75) is 56.9 Å². The van der Waals surface area contributed by atoms with Crippen LogP contribution in [0.25, 0.3) is 0 Å². The molecular weight excluding hydrogens is 378 g/mol. The van der Waals surface area contributed by atoms with Crippen LogP contribution < -0.4 is 11.1 Å². The summed E-state index contributed by atoms with van der Waals surface area (Å²) < 4.78 is 0. The number of guanidine groups is 1. The number of carbonyl (C=O) groups is 2. The van der Waals surface area contributed by atoms with Crippen molar-refractivity contribution in [1.29, 1.82) is 5.26 Å². The summed E-state index contributed by atoms with van der Waals surface area (Å²) in [6, 6.07) is 8.98. The number of nitrogens with zero attached hydrogens (tertiary/aromatic N) is 3.